The van der Waals surface area contributed by atoms with Crippen LogP contribution in [0.5, 0.6) is 0 Å². The zero-order valence-electron chi connectivity index (χ0n) is 14.4. The van der Waals surface area contributed by atoms with Crippen molar-refractivity contribution in [2.75, 3.05) is 11.9 Å². The smallest absolute Gasteiger partial charge is 0.410 e. The molecule has 26 heavy (non-hydrogen) atoms. The minimum absolute atomic E-state index is 0.0911. The Balaban J connectivity index is 2.40. The molecule has 1 amide bonds. The number of benzene rings is 1. The molecule has 1 heterocycles. The average Bonchev–Trinajstić information content (AvgIpc) is 2.96. The first-order valence-corrected chi connectivity index (χ1v) is 8.99. The third-order valence-corrected chi connectivity index (χ3v) is 4.54. The highest BCUT2D eigenvalue weighted by Gasteiger charge is 2.43. The molecule has 0 N–H and O–H groups in total. The van der Waals surface area contributed by atoms with Crippen molar-refractivity contribution >= 4 is 27.8 Å². The van der Waals surface area contributed by atoms with Gasteiger partial charge < -0.3 is 4.74 Å². The summed E-state index contributed by atoms with van der Waals surface area (Å²) in [6.07, 6.45) is -1.00. The number of carbonyl (C=O) groups is 2. The lowest BCUT2D eigenvalue weighted by Gasteiger charge is -2.27. The molecule has 1 aromatic rings. The summed E-state index contributed by atoms with van der Waals surface area (Å²) in [5, 5.41) is -0.0911. The number of hydrogen-bond acceptors (Lipinski definition) is 3. The standard InChI is InChI=1S/C17H18BrF4NO3/c1-17(2,3)26-16(25)23-7-8(4-11(23)12(24)6-18)13-14(21)9(19)5-10(20)15(13)22/h5,8,11H,4,6-7H2,1-3H3/t8-,11+/m0/s1. The van der Waals surface area contributed by atoms with Gasteiger partial charge in [-0.25, -0.2) is 22.4 Å². The molecule has 0 unspecified atom stereocenters. The fraction of sp³-hybridized carbons (Fsp3) is 0.529. The molecule has 1 fully saturated rings. The van der Waals surface area contributed by atoms with E-state index in [1.165, 1.54) is 0 Å². The van der Waals surface area contributed by atoms with Crippen molar-refractivity contribution in [2.24, 2.45) is 0 Å². The van der Waals surface area contributed by atoms with E-state index in [0.29, 0.717) is 0 Å². The van der Waals surface area contributed by atoms with Gasteiger partial charge >= 0.3 is 6.09 Å². The van der Waals surface area contributed by atoms with Crippen LogP contribution >= 0.6 is 15.9 Å². The summed E-state index contributed by atoms with van der Waals surface area (Å²) in [7, 11) is 0. The normalized spacial score (nSPS) is 20.4. The van der Waals surface area contributed by atoms with Crippen molar-refractivity contribution in [3.8, 4) is 0 Å². The lowest BCUT2D eigenvalue weighted by molar-refractivity contribution is -0.120. The third kappa shape index (κ3) is 4.19. The Labute approximate surface area is 156 Å². The van der Waals surface area contributed by atoms with E-state index < -0.39 is 58.3 Å². The summed E-state index contributed by atoms with van der Waals surface area (Å²) in [6, 6.07) is -0.894. The molecule has 0 aromatic heterocycles. The van der Waals surface area contributed by atoms with Crippen LogP contribution in [0.2, 0.25) is 0 Å². The first-order valence-electron chi connectivity index (χ1n) is 7.87. The number of alkyl halides is 1. The number of hydrogen-bond donors (Lipinski definition) is 0. The number of halogens is 5. The Hall–Kier alpha value is -1.64. The Morgan fingerprint density at radius 1 is 1.19 bits per heavy atom. The van der Waals surface area contributed by atoms with E-state index in [2.05, 4.69) is 15.9 Å². The fourth-order valence-electron chi connectivity index (χ4n) is 2.91. The third-order valence-electron chi connectivity index (χ3n) is 3.99. The molecule has 2 atom stereocenters. The van der Waals surface area contributed by atoms with Crippen molar-refractivity contribution in [2.45, 2.75) is 44.8 Å². The highest BCUT2D eigenvalue weighted by Crippen LogP contribution is 2.37. The molecule has 4 nitrogen and oxygen atoms in total. The number of ether oxygens (including phenoxy) is 1. The van der Waals surface area contributed by atoms with Gasteiger partial charge in [-0.2, -0.15) is 0 Å². The molecule has 144 valence electrons. The second-order valence-corrected chi connectivity index (χ2v) is 7.62. The van der Waals surface area contributed by atoms with Gasteiger partial charge in [-0.3, -0.25) is 9.69 Å². The first-order chi connectivity index (χ1) is 12.0. The van der Waals surface area contributed by atoms with Gasteiger partial charge in [-0.1, -0.05) is 15.9 Å². The van der Waals surface area contributed by atoms with Crippen LogP contribution in [0.3, 0.4) is 0 Å². The first kappa shape index (κ1) is 20.7. The van der Waals surface area contributed by atoms with Crippen molar-refractivity contribution in [3.05, 3.63) is 34.9 Å². The van der Waals surface area contributed by atoms with E-state index >= 15 is 0 Å². The average molecular weight is 440 g/mol. The summed E-state index contributed by atoms with van der Waals surface area (Å²) >= 11 is 2.99. The fourth-order valence-corrected chi connectivity index (χ4v) is 3.29. The number of ketones is 1. The molecule has 0 saturated carbocycles. The van der Waals surface area contributed by atoms with Gasteiger partial charge in [-0.05, 0) is 27.2 Å². The van der Waals surface area contributed by atoms with Crippen LogP contribution in [0, 0.1) is 23.3 Å². The lowest BCUT2D eigenvalue weighted by atomic mass is 9.94. The molecule has 2 rings (SSSR count). The van der Waals surface area contributed by atoms with Crippen LogP contribution in [0.25, 0.3) is 0 Å². The van der Waals surface area contributed by atoms with E-state index in [1.54, 1.807) is 20.8 Å². The van der Waals surface area contributed by atoms with Gasteiger partial charge in [0.2, 0.25) is 0 Å². The SMILES string of the molecule is CC(C)(C)OC(=O)N1C[C@@H](c2c(F)c(F)cc(F)c2F)C[C@@H]1C(=O)CBr. The largest absolute Gasteiger partial charge is 0.444 e. The van der Waals surface area contributed by atoms with E-state index in [0.717, 1.165) is 4.90 Å². The van der Waals surface area contributed by atoms with Gasteiger partial charge in [0.25, 0.3) is 0 Å². The molecular formula is C17H18BrF4NO3. The summed E-state index contributed by atoms with van der Waals surface area (Å²) in [6.45, 7) is 4.58. The number of amides is 1. The molecule has 1 saturated heterocycles. The molecular weight excluding hydrogens is 422 g/mol. The maximum absolute atomic E-state index is 14.1. The Morgan fingerprint density at radius 3 is 2.19 bits per heavy atom. The van der Waals surface area contributed by atoms with E-state index in [4.69, 9.17) is 4.74 Å². The second-order valence-electron chi connectivity index (χ2n) is 7.06. The van der Waals surface area contributed by atoms with Crippen molar-refractivity contribution in [1.29, 1.82) is 0 Å². The number of nitrogens with zero attached hydrogens (tertiary/aromatic N) is 1. The quantitative estimate of drug-likeness (QED) is 0.400. The van der Waals surface area contributed by atoms with Crippen molar-refractivity contribution in [1.82, 2.24) is 4.90 Å². The van der Waals surface area contributed by atoms with Crippen LogP contribution < -0.4 is 0 Å². The Bertz CT molecular complexity index is 709. The van der Waals surface area contributed by atoms with Crippen LogP contribution in [0.1, 0.15) is 38.7 Å². The second kappa shape index (κ2) is 7.54. The zero-order valence-corrected chi connectivity index (χ0v) is 16.0. The summed E-state index contributed by atoms with van der Waals surface area (Å²) in [5.41, 5.74) is -1.65. The maximum atomic E-state index is 14.1. The minimum atomic E-state index is -1.53. The van der Waals surface area contributed by atoms with Gasteiger partial charge in [-0.15, -0.1) is 0 Å². The van der Waals surface area contributed by atoms with Crippen molar-refractivity contribution < 1.29 is 31.9 Å². The Morgan fingerprint density at radius 2 is 1.73 bits per heavy atom. The lowest BCUT2D eigenvalue weighted by Crippen LogP contribution is -2.43. The maximum Gasteiger partial charge on any atom is 0.410 e. The molecule has 0 spiro atoms. The summed E-state index contributed by atoms with van der Waals surface area (Å²) in [4.78, 5) is 25.6. The summed E-state index contributed by atoms with van der Waals surface area (Å²) in [5.74, 6) is -7.59. The molecule has 0 bridgehead atoms. The van der Waals surface area contributed by atoms with Gasteiger partial charge in [0.1, 0.15) is 5.60 Å². The molecule has 1 aliphatic heterocycles. The highest BCUT2D eigenvalue weighted by atomic mass is 79.9. The van der Waals surface area contributed by atoms with Gasteiger partial charge in [0.05, 0.1) is 11.4 Å². The zero-order chi connectivity index (χ0) is 19.8. The van der Waals surface area contributed by atoms with Gasteiger partial charge in [0.15, 0.2) is 29.1 Å². The van der Waals surface area contributed by atoms with E-state index in [1.807, 2.05) is 0 Å². The number of rotatable bonds is 3. The predicted molar refractivity (Wildman–Crippen MR) is 89.2 cm³/mol. The van der Waals surface area contributed by atoms with Gasteiger partial charge in [0, 0.05) is 24.1 Å². The Kier molecular flexibility index (Phi) is 5.99. The molecule has 0 radical (unpaired) electrons. The molecule has 0 aliphatic carbocycles. The topological polar surface area (TPSA) is 46.6 Å². The van der Waals surface area contributed by atoms with Crippen LogP contribution in [-0.4, -0.2) is 40.3 Å². The van der Waals surface area contributed by atoms with Crippen LogP contribution in [0.15, 0.2) is 6.07 Å². The predicted octanol–water partition coefficient (Wildman–Crippen LogP) is 4.30. The van der Waals surface area contributed by atoms with Crippen LogP contribution in [0.4, 0.5) is 22.4 Å². The monoisotopic (exact) mass is 439 g/mol. The van der Waals surface area contributed by atoms with E-state index in [9.17, 15) is 27.2 Å². The molecule has 9 heteroatoms. The highest BCUT2D eigenvalue weighted by molar-refractivity contribution is 9.09. The summed E-state index contributed by atoms with van der Waals surface area (Å²) < 4.78 is 60.4. The molecule has 1 aromatic carbocycles. The molecule has 1 aliphatic rings. The van der Waals surface area contributed by atoms with E-state index in [-0.39, 0.29) is 24.4 Å². The number of Topliss-reactive ketones (excluding diaryl/α,β-unsaturated/α-hetero) is 1. The number of likely N-dealkylation sites (tertiary alicyclic amines) is 1. The van der Waals surface area contributed by atoms with Crippen LogP contribution in [-0.2, 0) is 9.53 Å². The number of carbonyl (C=O) groups excluding carboxylic acids is 2. The minimum Gasteiger partial charge on any atom is -0.444 e. The van der Waals surface area contributed by atoms with Crippen molar-refractivity contribution in [3.63, 3.8) is 0 Å².